The van der Waals surface area contributed by atoms with Crippen LogP contribution in [0.1, 0.15) is 36.2 Å². The van der Waals surface area contributed by atoms with Gasteiger partial charge in [0.15, 0.2) is 0 Å². The Morgan fingerprint density at radius 1 is 1.43 bits per heavy atom. The fourth-order valence-electron chi connectivity index (χ4n) is 2.97. The van der Waals surface area contributed by atoms with Gasteiger partial charge in [-0.3, -0.25) is 4.90 Å². The molecule has 0 bridgehead atoms. The van der Waals surface area contributed by atoms with Crippen molar-refractivity contribution in [3.8, 4) is 0 Å². The zero-order valence-corrected chi connectivity index (χ0v) is 13.3. The number of esters is 1. The van der Waals surface area contributed by atoms with Gasteiger partial charge in [0.05, 0.1) is 12.7 Å². The Morgan fingerprint density at radius 2 is 2.19 bits per heavy atom. The van der Waals surface area contributed by atoms with Crippen LogP contribution >= 0.6 is 0 Å². The molecule has 4 nitrogen and oxygen atoms in total. The second-order valence-corrected chi connectivity index (χ2v) is 6.11. The summed E-state index contributed by atoms with van der Waals surface area (Å²) in [6, 6.07) is 8.28. The van der Waals surface area contributed by atoms with E-state index in [1.165, 1.54) is 13.5 Å². The number of rotatable bonds is 5. The van der Waals surface area contributed by atoms with Crippen molar-refractivity contribution in [2.45, 2.75) is 32.9 Å². The predicted molar refractivity (Wildman–Crippen MR) is 84.3 cm³/mol. The van der Waals surface area contributed by atoms with E-state index in [1.54, 1.807) is 0 Å². The number of carbonyl (C=O) groups excluding carboxylic acids is 1. The topological polar surface area (TPSA) is 41.6 Å². The van der Waals surface area contributed by atoms with E-state index in [4.69, 9.17) is 4.74 Å². The maximum absolute atomic E-state index is 11.9. The lowest BCUT2D eigenvalue weighted by Gasteiger charge is -2.37. The van der Waals surface area contributed by atoms with Gasteiger partial charge >= 0.3 is 5.97 Å². The molecule has 0 aliphatic carbocycles. The standard InChI is InChI=1S/C17H26N2O2/c1-13(2)10-15-11-18-8-9-19(15)12-14-6-4-5-7-16(14)17(20)21-3/h4-7,13,15,18H,8-12H2,1-3H3/t15-/m0/s1. The molecular weight excluding hydrogens is 264 g/mol. The fourth-order valence-corrected chi connectivity index (χ4v) is 2.97. The van der Waals surface area contributed by atoms with E-state index >= 15 is 0 Å². The minimum Gasteiger partial charge on any atom is -0.465 e. The van der Waals surface area contributed by atoms with E-state index in [0.29, 0.717) is 17.5 Å². The highest BCUT2D eigenvalue weighted by molar-refractivity contribution is 5.90. The number of nitrogens with zero attached hydrogens (tertiary/aromatic N) is 1. The molecule has 116 valence electrons. The summed E-state index contributed by atoms with van der Waals surface area (Å²) in [5.41, 5.74) is 1.74. The van der Waals surface area contributed by atoms with Crippen LogP contribution in [0.25, 0.3) is 0 Å². The Morgan fingerprint density at radius 3 is 2.90 bits per heavy atom. The van der Waals surface area contributed by atoms with Gasteiger partial charge in [-0.25, -0.2) is 4.79 Å². The summed E-state index contributed by atoms with van der Waals surface area (Å²) < 4.78 is 4.89. The number of carbonyl (C=O) groups is 1. The Hall–Kier alpha value is -1.39. The molecule has 0 radical (unpaired) electrons. The zero-order chi connectivity index (χ0) is 15.2. The number of benzene rings is 1. The highest BCUT2D eigenvalue weighted by atomic mass is 16.5. The molecule has 0 aromatic heterocycles. The van der Waals surface area contributed by atoms with Crippen LogP contribution in [0.5, 0.6) is 0 Å². The van der Waals surface area contributed by atoms with Crippen LogP contribution in [-0.4, -0.2) is 43.7 Å². The molecular formula is C17H26N2O2. The molecule has 1 aliphatic rings. The minimum absolute atomic E-state index is 0.249. The number of hydrogen-bond donors (Lipinski definition) is 1. The van der Waals surface area contributed by atoms with Crippen molar-refractivity contribution in [1.82, 2.24) is 10.2 Å². The molecule has 2 rings (SSSR count). The largest absolute Gasteiger partial charge is 0.465 e. The third-order valence-electron chi connectivity index (χ3n) is 4.01. The molecule has 1 fully saturated rings. The van der Waals surface area contributed by atoms with Crippen LogP contribution in [0.4, 0.5) is 0 Å². The van der Waals surface area contributed by atoms with E-state index in [0.717, 1.165) is 31.7 Å². The lowest BCUT2D eigenvalue weighted by molar-refractivity contribution is 0.0596. The first-order valence-corrected chi connectivity index (χ1v) is 7.72. The quantitative estimate of drug-likeness (QED) is 0.845. The Balaban J connectivity index is 2.13. The molecule has 1 atom stereocenters. The lowest BCUT2D eigenvalue weighted by Crippen LogP contribution is -2.51. The monoisotopic (exact) mass is 290 g/mol. The summed E-state index contributed by atoms with van der Waals surface area (Å²) in [5.74, 6) is 0.425. The van der Waals surface area contributed by atoms with Crippen molar-refractivity contribution in [3.05, 3.63) is 35.4 Å². The SMILES string of the molecule is COC(=O)c1ccccc1CN1CCNC[C@@H]1CC(C)C. The Kier molecular flexibility index (Phi) is 5.76. The number of piperazine rings is 1. The van der Waals surface area contributed by atoms with Gasteiger partial charge in [-0.15, -0.1) is 0 Å². The zero-order valence-electron chi connectivity index (χ0n) is 13.3. The Labute approximate surface area is 127 Å². The van der Waals surface area contributed by atoms with Gasteiger partial charge in [0.1, 0.15) is 0 Å². The number of hydrogen-bond acceptors (Lipinski definition) is 4. The molecule has 1 N–H and O–H groups in total. The van der Waals surface area contributed by atoms with Crippen molar-refractivity contribution in [2.24, 2.45) is 5.92 Å². The maximum Gasteiger partial charge on any atom is 0.338 e. The third kappa shape index (κ3) is 4.29. The van der Waals surface area contributed by atoms with Gasteiger partial charge in [-0.2, -0.15) is 0 Å². The van der Waals surface area contributed by atoms with Crippen LogP contribution in [0.2, 0.25) is 0 Å². The van der Waals surface area contributed by atoms with Crippen LogP contribution < -0.4 is 5.32 Å². The average molecular weight is 290 g/mol. The molecule has 4 heteroatoms. The highest BCUT2D eigenvalue weighted by Gasteiger charge is 2.24. The normalized spacial score (nSPS) is 19.7. The molecule has 1 heterocycles. The number of nitrogens with one attached hydrogen (secondary N) is 1. The van der Waals surface area contributed by atoms with Gasteiger partial charge in [-0.05, 0) is 24.0 Å². The van der Waals surface area contributed by atoms with Crippen LogP contribution in [-0.2, 0) is 11.3 Å². The first-order chi connectivity index (χ1) is 10.1. The second kappa shape index (κ2) is 7.57. The molecule has 1 saturated heterocycles. The van der Waals surface area contributed by atoms with Crippen LogP contribution in [0.3, 0.4) is 0 Å². The van der Waals surface area contributed by atoms with Gasteiger partial charge in [-0.1, -0.05) is 32.0 Å². The highest BCUT2D eigenvalue weighted by Crippen LogP contribution is 2.19. The fraction of sp³-hybridized carbons (Fsp3) is 0.588. The number of methoxy groups -OCH3 is 1. The second-order valence-electron chi connectivity index (χ2n) is 6.11. The summed E-state index contributed by atoms with van der Waals surface area (Å²) >= 11 is 0. The van der Waals surface area contributed by atoms with E-state index in [2.05, 4.69) is 24.1 Å². The molecule has 1 aliphatic heterocycles. The lowest BCUT2D eigenvalue weighted by atomic mass is 9.99. The van der Waals surface area contributed by atoms with Gasteiger partial charge in [0.2, 0.25) is 0 Å². The smallest absolute Gasteiger partial charge is 0.338 e. The summed E-state index contributed by atoms with van der Waals surface area (Å²) in [6.07, 6.45) is 1.17. The molecule has 0 amide bonds. The Bertz CT molecular complexity index is 474. The first-order valence-electron chi connectivity index (χ1n) is 7.72. The summed E-state index contributed by atoms with van der Waals surface area (Å²) in [7, 11) is 1.44. The maximum atomic E-state index is 11.9. The summed E-state index contributed by atoms with van der Waals surface area (Å²) in [5, 5.41) is 3.47. The summed E-state index contributed by atoms with van der Waals surface area (Å²) in [4.78, 5) is 14.4. The summed E-state index contributed by atoms with van der Waals surface area (Å²) in [6.45, 7) is 8.38. The minimum atomic E-state index is -0.249. The van der Waals surface area contributed by atoms with E-state index < -0.39 is 0 Å². The van der Waals surface area contributed by atoms with E-state index in [1.807, 2.05) is 24.3 Å². The van der Waals surface area contributed by atoms with Crippen molar-refractivity contribution < 1.29 is 9.53 Å². The van der Waals surface area contributed by atoms with Gasteiger partial charge < -0.3 is 10.1 Å². The van der Waals surface area contributed by atoms with E-state index in [-0.39, 0.29) is 5.97 Å². The van der Waals surface area contributed by atoms with Crippen LogP contribution in [0.15, 0.2) is 24.3 Å². The molecule has 0 saturated carbocycles. The van der Waals surface area contributed by atoms with Crippen molar-refractivity contribution in [1.29, 1.82) is 0 Å². The third-order valence-corrected chi connectivity index (χ3v) is 4.01. The van der Waals surface area contributed by atoms with Gasteiger partial charge in [0.25, 0.3) is 0 Å². The molecule has 0 spiro atoms. The molecule has 21 heavy (non-hydrogen) atoms. The van der Waals surface area contributed by atoms with Crippen molar-refractivity contribution in [3.63, 3.8) is 0 Å². The van der Waals surface area contributed by atoms with Gasteiger partial charge in [0, 0.05) is 32.2 Å². The van der Waals surface area contributed by atoms with Crippen LogP contribution in [0, 0.1) is 5.92 Å². The molecule has 1 aromatic carbocycles. The predicted octanol–water partition coefficient (Wildman–Crippen LogP) is 2.29. The van der Waals surface area contributed by atoms with E-state index in [9.17, 15) is 4.79 Å². The average Bonchev–Trinajstić information content (AvgIpc) is 2.48. The number of ether oxygens (including phenoxy) is 1. The van der Waals surface area contributed by atoms with Crippen molar-refractivity contribution in [2.75, 3.05) is 26.7 Å². The van der Waals surface area contributed by atoms with Crippen molar-refractivity contribution >= 4 is 5.97 Å². The molecule has 1 aromatic rings. The first kappa shape index (κ1) is 16.0. The molecule has 0 unspecified atom stereocenters.